The van der Waals surface area contributed by atoms with Crippen LogP contribution in [0.25, 0.3) is 0 Å². The largest absolute Gasteiger partial charge is 0.493 e. The summed E-state index contributed by atoms with van der Waals surface area (Å²) < 4.78 is 11.2. The number of carbonyl (C=O) groups excluding carboxylic acids is 1. The van der Waals surface area contributed by atoms with Crippen LogP contribution in [0.5, 0.6) is 11.5 Å². The molecule has 0 atom stereocenters. The van der Waals surface area contributed by atoms with Crippen molar-refractivity contribution in [1.82, 2.24) is 5.43 Å². The molecule has 0 radical (unpaired) electrons. The number of methoxy groups -OCH3 is 1. The summed E-state index contributed by atoms with van der Waals surface area (Å²) in [6.07, 6.45) is 1.51. The van der Waals surface area contributed by atoms with E-state index in [1.54, 1.807) is 49.6 Å². The third-order valence-electron chi connectivity index (χ3n) is 4.00. The van der Waals surface area contributed by atoms with Crippen molar-refractivity contribution in [2.45, 2.75) is 6.61 Å². The molecule has 0 aromatic heterocycles. The molecule has 3 aromatic rings. The number of benzene rings is 3. The van der Waals surface area contributed by atoms with Gasteiger partial charge in [0, 0.05) is 21.3 Å². The molecule has 0 aliphatic rings. The maximum absolute atomic E-state index is 11.8. The number of amides is 2. The van der Waals surface area contributed by atoms with Gasteiger partial charge in [0.1, 0.15) is 6.61 Å². The van der Waals surface area contributed by atoms with E-state index in [4.69, 9.17) is 32.7 Å². The smallest absolute Gasteiger partial charge is 0.339 e. The van der Waals surface area contributed by atoms with Gasteiger partial charge >= 0.3 is 6.03 Å². The van der Waals surface area contributed by atoms with Gasteiger partial charge in [-0.15, -0.1) is 0 Å². The van der Waals surface area contributed by atoms with Crippen LogP contribution >= 0.6 is 23.2 Å². The number of urea groups is 1. The zero-order valence-corrected chi connectivity index (χ0v) is 17.6. The summed E-state index contributed by atoms with van der Waals surface area (Å²) in [5, 5.41) is 7.71. The Kier molecular flexibility index (Phi) is 7.54. The van der Waals surface area contributed by atoms with Crippen LogP contribution in [0.3, 0.4) is 0 Å². The molecule has 8 heteroatoms. The van der Waals surface area contributed by atoms with Crippen molar-refractivity contribution in [2.75, 3.05) is 12.4 Å². The fraction of sp³-hybridized carbons (Fsp3) is 0.0909. The average molecular weight is 444 g/mol. The number of carbonyl (C=O) groups is 1. The van der Waals surface area contributed by atoms with Gasteiger partial charge in [0.15, 0.2) is 11.5 Å². The minimum Gasteiger partial charge on any atom is -0.493 e. The monoisotopic (exact) mass is 443 g/mol. The molecule has 0 heterocycles. The number of para-hydroxylation sites is 1. The Bertz CT molecular complexity index is 1040. The molecule has 2 amide bonds. The second-order valence-corrected chi connectivity index (χ2v) is 6.97. The van der Waals surface area contributed by atoms with Crippen molar-refractivity contribution in [3.63, 3.8) is 0 Å². The highest BCUT2D eigenvalue weighted by molar-refractivity contribution is 6.35. The molecule has 3 aromatic carbocycles. The van der Waals surface area contributed by atoms with Gasteiger partial charge in [-0.25, -0.2) is 10.2 Å². The fourth-order valence-corrected chi connectivity index (χ4v) is 2.99. The van der Waals surface area contributed by atoms with Crippen LogP contribution in [-0.4, -0.2) is 19.4 Å². The van der Waals surface area contributed by atoms with Crippen molar-refractivity contribution >= 4 is 41.1 Å². The summed E-state index contributed by atoms with van der Waals surface area (Å²) in [6, 6.07) is 19.2. The first kappa shape index (κ1) is 21.5. The average Bonchev–Trinajstić information content (AvgIpc) is 2.74. The molecule has 6 nitrogen and oxygen atoms in total. The summed E-state index contributed by atoms with van der Waals surface area (Å²) in [4.78, 5) is 11.8. The lowest BCUT2D eigenvalue weighted by Gasteiger charge is -2.12. The summed E-state index contributed by atoms with van der Waals surface area (Å²) in [5.41, 5.74) is 4.62. The fourth-order valence-electron chi connectivity index (χ4n) is 2.52. The first-order valence-corrected chi connectivity index (χ1v) is 9.70. The first-order chi connectivity index (χ1) is 14.5. The van der Waals surface area contributed by atoms with E-state index < -0.39 is 6.03 Å². The van der Waals surface area contributed by atoms with Gasteiger partial charge in [0.2, 0.25) is 0 Å². The number of hydrazone groups is 1. The number of rotatable bonds is 7. The summed E-state index contributed by atoms with van der Waals surface area (Å²) in [6.45, 7) is 0.265. The summed E-state index contributed by atoms with van der Waals surface area (Å²) in [5.74, 6) is 1.08. The van der Waals surface area contributed by atoms with E-state index in [1.165, 1.54) is 6.21 Å². The second-order valence-electron chi connectivity index (χ2n) is 6.12. The topological polar surface area (TPSA) is 72.0 Å². The van der Waals surface area contributed by atoms with E-state index in [9.17, 15) is 4.79 Å². The number of anilines is 1. The van der Waals surface area contributed by atoms with Gasteiger partial charge < -0.3 is 14.8 Å². The Morgan fingerprint density at radius 3 is 2.57 bits per heavy atom. The van der Waals surface area contributed by atoms with Crippen molar-refractivity contribution in [1.29, 1.82) is 0 Å². The molecule has 0 saturated heterocycles. The lowest BCUT2D eigenvalue weighted by molar-refractivity contribution is 0.252. The van der Waals surface area contributed by atoms with Gasteiger partial charge in [-0.1, -0.05) is 47.5 Å². The van der Waals surface area contributed by atoms with Gasteiger partial charge in [0.05, 0.1) is 13.3 Å². The Morgan fingerprint density at radius 1 is 1.03 bits per heavy atom. The number of halogens is 2. The van der Waals surface area contributed by atoms with Gasteiger partial charge in [-0.3, -0.25) is 0 Å². The molecule has 3 rings (SSSR count). The van der Waals surface area contributed by atoms with Gasteiger partial charge in [-0.05, 0) is 48.0 Å². The number of hydrogen-bond donors (Lipinski definition) is 2. The molecule has 2 N–H and O–H groups in total. The first-order valence-electron chi connectivity index (χ1n) is 8.95. The van der Waals surface area contributed by atoms with Gasteiger partial charge in [0.25, 0.3) is 0 Å². The zero-order valence-electron chi connectivity index (χ0n) is 16.1. The molecule has 0 saturated carbocycles. The molecule has 30 heavy (non-hydrogen) atoms. The quantitative estimate of drug-likeness (QED) is 0.361. The molecular formula is C22H19Cl2N3O3. The highest BCUT2D eigenvalue weighted by atomic mass is 35.5. The molecule has 154 valence electrons. The number of ether oxygens (including phenoxy) is 2. The molecule has 0 spiro atoms. The Hall–Kier alpha value is -3.22. The molecule has 0 unspecified atom stereocenters. The predicted octanol–water partition coefficient (Wildman–Crippen LogP) is 5.74. The van der Waals surface area contributed by atoms with Gasteiger partial charge in [-0.2, -0.15) is 5.10 Å². The Labute approximate surface area is 184 Å². The molecule has 0 fully saturated rings. The number of nitrogens with zero attached hydrogens (tertiary/aromatic N) is 1. The SMILES string of the molecule is COc1cc(/C=N/NC(=O)Nc2ccccc2)ccc1OCc1ccc(Cl)cc1Cl. The normalized spacial score (nSPS) is 10.6. The van der Waals surface area contributed by atoms with E-state index >= 15 is 0 Å². The molecular weight excluding hydrogens is 425 g/mol. The van der Waals surface area contributed by atoms with Crippen molar-refractivity contribution in [2.24, 2.45) is 5.10 Å². The van der Waals surface area contributed by atoms with Crippen molar-refractivity contribution < 1.29 is 14.3 Å². The summed E-state index contributed by atoms with van der Waals surface area (Å²) >= 11 is 12.1. The summed E-state index contributed by atoms with van der Waals surface area (Å²) in [7, 11) is 1.55. The molecule has 0 aliphatic carbocycles. The highest BCUT2D eigenvalue weighted by Crippen LogP contribution is 2.29. The van der Waals surface area contributed by atoms with Crippen LogP contribution in [0.2, 0.25) is 10.0 Å². The highest BCUT2D eigenvalue weighted by Gasteiger charge is 2.08. The van der Waals surface area contributed by atoms with Crippen LogP contribution in [0.15, 0.2) is 71.8 Å². The second kappa shape index (κ2) is 10.5. The third kappa shape index (κ3) is 6.14. The minimum atomic E-state index is -0.441. The van der Waals surface area contributed by atoms with Crippen LogP contribution in [0, 0.1) is 0 Å². The number of nitrogens with one attached hydrogen (secondary N) is 2. The van der Waals surface area contributed by atoms with Crippen molar-refractivity contribution in [3.8, 4) is 11.5 Å². The maximum Gasteiger partial charge on any atom is 0.339 e. The minimum absolute atomic E-state index is 0.265. The van der Waals surface area contributed by atoms with E-state index in [0.717, 1.165) is 11.1 Å². The third-order valence-corrected chi connectivity index (χ3v) is 4.58. The Morgan fingerprint density at radius 2 is 1.83 bits per heavy atom. The van der Waals surface area contributed by atoms with E-state index in [0.29, 0.717) is 27.2 Å². The molecule has 0 aliphatic heterocycles. The standard InChI is InChI=1S/C22H19Cl2N3O3/c1-29-21-11-15(13-25-27-22(28)26-18-5-3-2-4-6-18)7-10-20(21)30-14-16-8-9-17(23)12-19(16)24/h2-13H,14H2,1H3,(H2,26,27,28)/b25-13+. The van der Waals surface area contributed by atoms with E-state index in [-0.39, 0.29) is 6.61 Å². The Balaban J connectivity index is 1.59. The van der Waals surface area contributed by atoms with Crippen LogP contribution in [0.1, 0.15) is 11.1 Å². The number of hydrogen-bond acceptors (Lipinski definition) is 4. The van der Waals surface area contributed by atoms with Crippen LogP contribution in [0.4, 0.5) is 10.5 Å². The zero-order chi connectivity index (χ0) is 21.3. The maximum atomic E-state index is 11.8. The van der Waals surface area contributed by atoms with Crippen LogP contribution in [-0.2, 0) is 6.61 Å². The predicted molar refractivity (Wildman–Crippen MR) is 120 cm³/mol. The lowest BCUT2D eigenvalue weighted by atomic mass is 10.2. The van der Waals surface area contributed by atoms with Crippen LogP contribution < -0.4 is 20.2 Å². The van der Waals surface area contributed by atoms with E-state index in [2.05, 4.69) is 15.8 Å². The van der Waals surface area contributed by atoms with E-state index in [1.807, 2.05) is 24.3 Å². The van der Waals surface area contributed by atoms with Crippen molar-refractivity contribution in [3.05, 3.63) is 87.9 Å². The lowest BCUT2D eigenvalue weighted by Crippen LogP contribution is -2.24. The molecule has 0 bridgehead atoms.